The van der Waals surface area contributed by atoms with Gasteiger partial charge in [0, 0.05) is 18.0 Å². The first-order valence-electron chi connectivity index (χ1n) is 5.99. The van der Waals surface area contributed by atoms with Gasteiger partial charge in [-0.1, -0.05) is 38.1 Å². The van der Waals surface area contributed by atoms with Crippen LogP contribution in [0.1, 0.15) is 35.7 Å². The molecule has 0 aliphatic rings. The summed E-state index contributed by atoms with van der Waals surface area (Å²) in [6, 6.07) is 8.25. The molecule has 0 atom stereocenters. The van der Waals surface area contributed by atoms with Gasteiger partial charge in [-0.25, -0.2) is 4.79 Å². The highest BCUT2D eigenvalue weighted by molar-refractivity contribution is 5.97. The Morgan fingerprint density at radius 1 is 1.17 bits per heavy atom. The quantitative estimate of drug-likeness (QED) is 0.837. The Balaban J connectivity index is 2.37. The number of carbonyl (C=O) groups is 1. The number of methoxy groups -OCH3 is 1. The van der Waals surface area contributed by atoms with Crippen LogP contribution in [0.2, 0.25) is 0 Å². The van der Waals surface area contributed by atoms with E-state index in [0.717, 1.165) is 11.1 Å². The number of rotatable bonds is 3. The average molecular weight is 243 g/mol. The molecule has 0 spiro atoms. The van der Waals surface area contributed by atoms with Gasteiger partial charge in [0.15, 0.2) is 0 Å². The first kappa shape index (κ1) is 12.4. The number of aromatic nitrogens is 1. The number of aromatic amines is 1. The van der Waals surface area contributed by atoms with Crippen molar-refractivity contribution >= 4 is 5.97 Å². The molecule has 1 aromatic carbocycles. The van der Waals surface area contributed by atoms with Crippen LogP contribution in [0, 0.1) is 0 Å². The van der Waals surface area contributed by atoms with Crippen LogP contribution >= 0.6 is 0 Å². The van der Waals surface area contributed by atoms with Gasteiger partial charge in [0.05, 0.1) is 12.7 Å². The predicted molar refractivity (Wildman–Crippen MR) is 71.7 cm³/mol. The fourth-order valence-corrected chi connectivity index (χ4v) is 1.93. The van der Waals surface area contributed by atoms with Crippen molar-refractivity contribution in [1.29, 1.82) is 0 Å². The molecular weight excluding hydrogens is 226 g/mol. The van der Waals surface area contributed by atoms with Gasteiger partial charge >= 0.3 is 5.97 Å². The molecule has 0 radical (unpaired) electrons. The van der Waals surface area contributed by atoms with Crippen molar-refractivity contribution in [1.82, 2.24) is 4.98 Å². The third-order valence-corrected chi connectivity index (χ3v) is 3.04. The molecule has 0 bridgehead atoms. The second-order valence-electron chi connectivity index (χ2n) is 4.55. The highest BCUT2D eigenvalue weighted by Crippen LogP contribution is 2.26. The number of H-pyrrole nitrogens is 1. The van der Waals surface area contributed by atoms with E-state index < -0.39 is 0 Å². The van der Waals surface area contributed by atoms with Gasteiger partial charge in [-0.2, -0.15) is 0 Å². The van der Waals surface area contributed by atoms with Crippen LogP contribution in [0.15, 0.2) is 36.7 Å². The van der Waals surface area contributed by atoms with Crippen molar-refractivity contribution in [3.05, 3.63) is 47.8 Å². The number of hydrogen-bond acceptors (Lipinski definition) is 2. The lowest BCUT2D eigenvalue weighted by Crippen LogP contribution is -2.01. The van der Waals surface area contributed by atoms with Gasteiger partial charge < -0.3 is 9.72 Å². The Hall–Kier alpha value is -2.03. The summed E-state index contributed by atoms with van der Waals surface area (Å²) >= 11 is 0. The smallest absolute Gasteiger partial charge is 0.340 e. The SMILES string of the molecule is COC(=O)c1c[nH]cc1-c1ccc(C(C)C)cc1. The summed E-state index contributed by atoms with van der Waals surface area (Å²) in [4.78, 5) is 14.6. The topological polar surface area (TPSA) is 42.1 Å². The fraction of sp³-hybridized carbons (Fsp3) is 0.267. The van der Waals surface area contributed by atoms with E-state index >= 15 is 0 Å². The summed E-state index contributed by atoms with van der Waals surface area (Å²) < 4.78 is 4.76. The zero-order valence-electron chi connectivity index (χ0n) is 10.9. The highest BCUT2D eigenvalue weighted by atomic mass is 16.5. The maximum absolute atomic E-state index is 11.6. The lowest BCUT2D eigenvalue weighted by molar-refractivity contribution is 0.0602. The van der Waals surface area contributed by atoms with E-state index in [1.165, 1.54) is 12.7 Å². The van der Waals surface area contributed by atoms with E-state index in [2.05, 4.69) is 31.0 Å². The van der Waals surface area contributed by atoms with E-state index in [4.69, 9.17) is 4.74 Å². The minimum Gasteiger partial charge on any atom is -0.465 e. The Morgan fingerprint density at radius 2 is 1.83 bits per heavy atom. The molecule has 2 rings (SSSR count). The van der Waals surface area contributed by atoms with Gasteiger partial charge in [-0.3, -0.25) is 0 Å². The molecular formula is C15H17NO2. The second-order valence-corrected chi connectivity index (χ2v) is 4.55. The lowest BCUT2D eigenvalue weighted by Gasteiger charge is -2.07. The predicted octanol–water partition coefficient (Wildman–Crippen LogP) is 3.59. The van der Waals surface area contributed by atoms with Crippen LogP contribution in [0.5, 0.6) is 0 Å². The van der Waals surface area contributed by atoms with E-state index in [1.54, 1.807) is 6.20 Å². The molecule has 3 nitrogen and oxygen atoms in total. The summed E-state index contributed by atoms with van der Waals surface area (Å²) in [6.07, 6.45) is 3.48. The van der Waals surface area contributed by atoms with Crippen LogP contribution in [0.25, 0.3) is 11.1 Å². The maximum atomic E-state index is 11.6. The normalized spacial score (nSPS) is 10.7. The van der Waals surface area contributed by atoms with Crippen molar-refractivity contribution in [2.24, 2.45) is 0 Å². The molecule has 3 heteroatoms. The van der Waals surface area contributed by atoms with Crippen LogP contribution in [0.3, 0.4) is 0 Å². The fourth-order valence-electron chi connectivity index (χ4n) is 1.93. The second kappa shape index (κ2) is 5.08. The van der Waals surface area contributed by atoms with Crippen LogP contribution in [0.4, 0.5) is 0 Å². The third kappa shape index (κ3) is 2.30. The molecule has 1 N–H and O–H groups in total. The number of esters is 1. The van der Waals surface area contributed by atoms with Crippen molar-refractivity contribution < 1.29 is 9.53 Å². The summed E-state index contributed by atoms with van der Waals surface area (Å²) in [6.45, 7) is 4.32. The van der Waals surface area contributed by atoms with Crippen LogP contribution in [-0.4, -0.2) is 18.1 Å². The van der Waals surface area contributed by atoms with Gasteiger partial charge in [0.25, 0.3) is 0 Å². The minimum atomic E-state index is -0.320. The first-order valence-corrected chi connectivity index (χ1v) is 5.99. The highest BCUT2D eigenvalue weighted by Gasteiger charge is 2.14. The monoisotopic (exact) mass is 243 g/mol. The van der Waals surface area contributed by atoms with Crippen molar-refractivity contribution in [2.75, 3.05) is 7.11 Å². The number of ether oxygens (including phenoxy) is 1. The molecule has 94 valence electrons. The molecule has 0 saturated carbocycles. The van der Waals surface area contributed by atoms with Crippen molar-refractivity contribution in [2.45, 2.75) is 19.8 Å². The van der Waals surface area contributed by atoms with Crippen LogP contribution in [-0.2, 0) is 4.74 Å². The lowest BCUT2D eigenvalue weighted by atomic mass is 9.98. The van der Waals surface area contributed by atoms with E-state index in [0.29, 0.717) is 11.5 Å². The molecule has 0 amide bonds. The number of nitrogens with one attached hydrogen (secondary N) is 1. The summed E-state index contributed by atoms with van der Waals surface area (Å²) in [5.41, 5.74) is 3.74. The number of benzene rings is 1. The van der Waals surface area contributed by atoms with E-state index in [9.17, 15) is 4.79 Å². The Labute approximate surface area is 107 Å². The Bertz CT molecular complexity index is 538. The number of carbonyl (C=O) groups excluding carboxylic acids is 1. The third-order valence-electron chi connectivity index (χ3n) is 3.04. The van der Waals surface area contributed by atoms with E-state index in [1.807, 2.05) is 18.3 Å². The zero-order valence-corrected chi connectivity index (χ0v) is 10.9. The average Bonchev–Trinajstić information content (AvgIpc) is 2.87. The minimum absolute atomic E-state index is 0.320. The van der Waals surface area contributed by atoms with Crippen molar-refractivity contribution in [3.8, 4) is 11.1 Å². The summed E-state index contributed by atoms with van der Waals surface area (Å²) in [5, 5.41) is 0. The zero-order chi connectivity index (χ0) is 13.1. The number of hydrogen-bond donors (Lipinski definition) is 1. The Morgan fingerprint density at radius 3 is 2.39 bits per heavy atom. The molecule has 0 aliphatic heterocycles. The molecule has 18 heavy (non-hydrogen) atoms. The molecule has 0 saturated heterocycles. The Kier molecular flexibility index (Phi) is 3.51. The summed E-state index contributed by atoms with van der Waals surface area (Å²) in [7, 11) is 1.39. The van der Waals surface area contributed by atoms with Crippen molar-refractivity contribution in [3.63, 3.8) is 0 Å². The summed E-state index contributed by atoms with van der Waals surface area (Å²) in [5.74, 6) is 0.185. The van der Waals surface area contributed by atoms with Gasteiger partial charge in [-0.05, 0) is 17.0 Å². The molecule has 2 aromatic rings. The first-order chi connectivity index (χ1) is 8.63. The molecule has 0 aliphatic carbocycles. The van der Waals surface area contributed by atoms with Gasteiger partial charge in [0.1, 0.15) is 0 Å². The van der Waals surface area contributed by atoms with E-state index in [-0.39, 0.29) is 5.97 Å². The van der Waals surface area contributed by atoms with Gasteiger partial charge in [0.2, 0.25) is 0 Å². The maximum Gasteiger partial charge on any atom is 0.340 e. The molecule has 0 unspecified atom stereocenters. The largest absolute Gasteiger partial charge is 0.465 e. The molecule has 1 heterocycles. The molecule has 1 aromatic heterocycles. The van der Waals surface area contributed by atoms with Gasteiger partial charge in [-0.15, -0.1) is 0 Å². The van der Waals surface area contributed by atoms with Crippen LogP contribution < -0.4 is 0 Å². The standard InChI is InChI=1S/C15H17NO2/c1-10(2)11-4-6-12(7-5-11)13-8-16-9-14(13)15(17)18-3/h4-10,16H,1-3H3. The molecule has 0 fully saturated rings.